The first-order chi connectivity index (χ1) is 8.52. The van der Waals surface area contributed by atoms with E-state index in [1.807, 2.05) is 39.1 Å². The zero-order valence-electron chi connectivity index (χ0n) is 10.6. The number of rotatable bonds is 3. The van der Waals surface area contributed by atoms with E-state index in [-0.39, 0.29) is 6.61 Å². The summed E-state index contributed by atoms with van der Waals surface area (Å²) >= 11 is 3.37. The Bertz CT molecular complexity index is 579. The van der Waals surface area contributed by atoms with Crippen molar-refractivity contribution >= 4 is 15.9 Å². The molecular weight excluding hydrogens is 296 g/mol. The van der Waals surface area contributed by atoms with Gasteiger partial charge in [0.05, 0.1) is 12.3 Å². The van der Waals surface area contributed by atoms with Crippen LogP contribution in [0.25, 0.3) is 0 Å². The maximum Gasteiger partial charge on any atom is 0.171 e. The van der Waals surface area contributed by atoms with Gasteiger partial charge in [0, 0.05) is 17.1 Å². The largest absolute Gasteiger partial charge is 0.453 e. The molecule has 0 atom stereocenters. The number of halogens is 1. The molecule has 0 aliphatic rings. The Labute approximate surface area is 114 Å². The highest BCUT2D eigenvalue weighted by Crippen LogP contribution is 2.31. The number of aromatic nitrogens is 2. The number of nitrogens with zero attached hydrogens (tertiary/aromatic N) is 2. The van der Waals surface area contributed by atoms with E-state index < -0.39 is 0 Å². The Morgan fingerprint density at radius 2 is 2.11 bits per heavy atom. The van der Waals surface area contributed by atoms with Gasteiger partial charge >= 0.3 is 0 Å². The molecule has 0 radical (unpaired) electrons. The van der Waals surface area contributed by atoms with E-state index in [1.165, 1.54) is 0 Å². The third kappa shape index (κ3) is 2.42. The zero-order chi connectivity index (χ0) is 13.3. The van der Waals surface area contributed by atoms with Crippen molar-refractivity contribution in [1.82, 2.24) is 9.78 Å². The van der Waals surface area contributed by atoms with Crippen molar-refractivity contribution < 1.29 is 9.84 Å². The summed E-state index contributed by atoms with van der Waals surface area (Å²) in [6.45, 7) is 3.79. The Balaban J connectivity index is 2.39. The van der Waals surface area contributed by atoms with E-state index in [9.17, 15) is 5.11 Å². The highest BCUT2D eigenvalue weighted by Gasteiger charge is 2.13. The summed E-state index contributed by atoms with van der Waals surface area (Å²) in [4.78, 5) is 0. The number of hydrogen-bond donors (Lipinski definition) is 1. The molecule has 1 heterocycles. The lowest BCUT2D eigenvalue weighted by molar-refractivity contribution is 0.276. The second kappa shape index (κ2) is 5.12. The number of aryl methyl sites for hydroxylation is 2. The molecule has 1 aromatic heterocycles. The minimum absolute atomic E-state index is 0.0624. The molecule has 0 saturated heterocycles. The zero-order valence-corrected chi connectivity index (χ0v) is 12.2. The second-order valence-corrected chi connectivity index (χ2v) is 5.05. The summed E-state index contributed by atoms with van der Waals surface area (Å²) in [5.74, 6) is 1.40. The molecular formula is C13H15BrN2O2. The first-order valence-electron chi connectivity index (χ1n) is 5.60. The molecule has 0 spiro atoms. The molecule has 5 heteroatoms. The van der Waals surface area contributed by atoms with Crippen LogP contribution in [0, 0.1) is 13.8 Å². The molecule has 4 nitrogen and oxygen atoms in total. The van der Waals surface area contributed by atoms with E-state index in [1.54, 1.807) is 4.68 Å². The Morgan fingerprint density at radius 1 is 1.39 bits per heavy atom. The lowest BCUT2D eigenvalue weighted by Crippen LogP contribution is -1.95. The fourth-order valence-corrected chi connectivity index (χ4v) is 2.19. The predicted octanol–water partition coefficient (Wildman–Crippen LogP) is 3.08. The summed E-state index contributed by atoms with van der Waals surface area (Å²) in [5, 5.41) is 13.6. The van der Waals surface area contributed by atoms with Gasteiger partial charge in [-0.2, -0.15) is 5.10 Å². The molecule has 1 aromatic carbocycles. The van der Waals surface area contributed by atoms with Crippen LogP contribution in [0.4, 0.5) is 0 Å². The highest BCUT2D eigenvalue weighted by atomic mass is 79.9. The molecule has 2 aromatic rings. The van der Waals surface area contributed by atoms with Crippen LogP contribution in [-0.4, -0.2) is 14.9 Å². The highest BCUT2D eigenvalue weighted by molar-refractivity contribution is 9.10. The van der Waals surface area contributed by atoms with Crippen molar-refractivity contribution in [2.45, 2.75) is 20.5 Å². The van der Waals surface area contributed by atoms with Crippen molar-refractivity contribution in [3.05, 3.63) is 39.6 Å². The first kappa shape index (κ1) is 13.1. The monoisotopic (exact) mass is 310 g/mol. The molecule has 1 N–H and O–H groups in total. The standard InChI is InChI=1S/C13H15BrN2O2/c1-8-13(9(2)16(3)15-8)18-12-5-4-11(14)6-10(12)7-17/h4-6,17H,7H2,1-3H3. The Kier molecular flexibility index (Phi) is 3.73. The van der Waals surface area contributed by atoms with E-state index >= 15 is 0 Å². The van der Waals surface area contributed by atoms with Crippen molar-refractivity contribution in [2.75, 3.05) is 0 Å². The predicted molar refractivity (Wildman–Crippen MR) is 72.8 cm³/mol. The summed E-state index contributed by atoms with van der Waals surface area (Å²) in [6, 6.07) is 5.56. The van der Waals surface area contributed by atoms with Gasteiger partial charge in [-0.3, -0.25) is 4.68 Å². The number of hydrogen-bond acceptors (Lipinski definition) is 3. The van der Waals surface area contributed by atoms with Gasteiger partial charge in [0.1, 0.15) is 11.4 Å². The molecule has 18 heavy (non-hydrogen) atoms. The van der Waals surface area contributed by atoms with E-state index in [4.69, 9.17) is 4.74 Å². The molecule has 0 unspecified atom stereocenters. The molecule has 0 aliphatic heterocycles. The van der Waals surface area contributed by atoms with Crippen molar-refractivity contribution in [2.24, 2.45) is 7.05 Å². The summed E-state index contributed by atoms with van der Waals surface area (Å²) < 4.78 is 8.57. The summed E-state index contributed by atoms with van der Waals surface area (Å²) in [6.07, 6.45) is 0. The van der Waals surface area contributed by atoms with Gasteiger partial charge in [-0.1, -0.05) is 15.9 Å². The average Bonchev–Trinajstić information content (AvgIpc) is 2.58. The van der Waals surface area contributed by atoms with Crippen LogP contribution in [0.15, 0.2) is 22.7 Å². The molecule has 0 fully saturated rings. The molecule has 0 saturated carbocycles. The van der Waals surface area contributed by atoms with E-state index in [0.717, 1.165) is 27.2 Å². The van der Waals surface area contributed by atoms with Crippen molar-refractivity contribution in [1.29, 1.82) is 0 Å². The fourth-order valence-electron chi connectivity index (χ4n) is 1.78. The molecule has 0 amide bonds. The fraction of sp³-hybridized carbons (Fsp3) is 0.308. The minimum atomic E-state index is -0.0624. The van der Waals surface area contributed by atoms with E-state index in [2.05, 4.69) is 21.0 Å². The maximum atomic E-state index is 9.34. The van der Waals surface area contributed by atoms with Gasteiger partial charge in [0.15, 0.2) is 5.75 Å². The van der Waals surface area contributed by atoms with Crippen molar-refractivity contribution in [3.63, 3.8) is 0 Å². The summed E-state index contributed by atoms with van der Waals surface area (Å²) in [7, 11) is 1.88. The minimum Gasteiger partial charge on any atom is -0.453 e. The number of benzene rings is 1. The number of aliphatic hydroxyl groups excluding tert-OH is 1. The summed E-state index contributed by atoms with van der Waals surface area (Å²) in [5.41, 5.74) is 2.54. The van der Waals surface area contributed by atoms with Gasteiger partial charge in [-0.15, -0.1) is 0 Å². The van der Waals surface area contributed by atoms with Gasteiger partial charge in [0.2, 0.25) is 0 Å². The Hall–Kier alpha value is -1.33. The van der Waals surface area contributed by atoms with Gasteiger partial charge in [-0.05, 0) is 32.0 Å². The maximum absolute atomic E-state index is 9.34. The third-order valence-electron chi connectivity index (χ3n) is 2.85. The van der Waals surface area contributed by atoms with Gasteiger partial charge in [0.25, 0.3) is 0 Å². The lowest BCUT2D eigenvalue weighted by atomic mass is 10.2. The van der Waals surface area contributed by atoms with Crippen LogP contribution in [0.2, 0.25) is 0 Å². The topological polar surface area (TPSA) is 47.3 Å². The van der Waals surface area contributed by atoms with Crippen LogP contribution in [-0.2, 0) is 13.7 Å². The van der Waals surface area contributed by atoms with Crippen molar-refractivity contribution in [3.8, 4) is 11.5 Å². The normalized spacial score (nSPS) is 10.7. The van der Waals surface area contributed by atoms with Gasteiger partial charge in [-0.25, -0.2) is 0 Å². The number of aliphatic hydroxyl groups is 1. The van der Waals surface area contributed by atoms with E-state index in [0.29, 0.717) is 5.75 Å². The quantitative estimate of drug-likeness (QED) is 0.947. The Morgan fingerprint density at radius 3 is 2.67 bits per heavy atom. The second-order valence-electron chi connectivity index (χ2n) is 4.14. The molecule has 2 rings (SSSR count). The molecule has 0 bridgehead atoms. The number of ether oxygens (including phenoxy) is 1. The molecule has 96 valence electrons. The van der Waals surface area contributed by atoms with Crippen LogP contribution in [0.1, 0.15) is 17.0 Å². The lowest BCUT2D eigenvalue weighted by Gasteiger charge is -2.10. The first-order valence-corrected chi connectivity index (χ1v) is 6.39. The van der Waals surface area contributed by atoms with Crippen LogP contribution in [0.3, 0.4) is 0 Å². The van der Waals surface area contributed by atoms with Gasteiger partial charge < -0.3 is 9.84 Å². The average molecular weight is 311 g/mol. The molecule has 0 aliphatic carbocycles. The van der Waals surface area contributed by atoms with Crippen LogP contribution >= 0.6 is 15.9 Å². The third-order valence-corrected chi connectivity index (χ3v) is 3.34. The van der Waals surface area contributed by atoms with Crippen LogP contribution in [0.5, 0.6) is 11.5 Å². The van der Waals surface area contributed by atoms with Crippen LogP contribution < -0.4 is 4.74 Å². The SMILES string of the molecule is Cc1nn(C)c(C)c1Oc1ccc(Br)cc1CO. The smallest absolute Gasteiger partial charge is 0.171 e.